The van der Waals surface area contributed by atoms with Gasteiger partial charge in [-0.2, -0.15) is 0 Å². The monoisotopic (exact) mass is 1020 g/mol. The van der Waals surface area contributed by atoms with Gasteiger partial charge in [0, 0.05) is 6.42 Å². The molecule has 1 fully saturated rings. The number of carbonyl (C=O) groups is 1. The molecular formula is C64H105NO8. The number of carbonyl (C=O) groups excluding carboxylic acids is 1. The molecule has 73 heavy (non-hydrogen) atoms. The number of unbranched alkanes of at least 4 members (excludes halogenated alkanes) is 17. The average molecular weight is 1020 g/mol. The zero-order chi connectivity index (χ0) is 52.9. The standard InChI is InChI=1S/C64H105NO8/c1-3-5-7-9-11-13-15-17-19-21-23-25-26-27-28-29-30-31-32-34-36-38-40-42-44-46-48-50-52-54-60(68)65-57(56-72-64-63(71)62(70)61(69)59(55-66)73-64)58(67)53-51-49-47-45-43-41-39-37-35-33-24-22-20-18-16-14-12-10-8-6-4-2/h5,7,11,13,17,19,23,25,27-28,30-31,34-37,40,42-43,45,51,53,57-59,61-64,66-67,69-71H,3-4,6,8-10,12,14-16,18,20-22,24,26,29,32-33,38-39,41,44,46-50,52,54-56H2,1-2H3,(H,65,68)/b7-5-,13-11-,19-17-,25-23-,28-27-,31-30-,36-34-,37-35+,42-40-,45-43+,53-51+. The van der Waals surface area contributed by atoms with Crippen molar-refractivity contribution in [3.05, 3.63) is 134 Å². The number of nitrogens with one attached hydrogen (secondary N) is 1. The number of hydrogen-bond acceptors (Lipinski definition) is 8. The molecule has 0 aromatic heterocycles. The first kappa shape index (κ1) is 67.3. The van der Waals surface area contributed by atoms with Gasteiger partial charge in [0.1, 0.15) is 24.4 Å². The first-order valence-corrected chi connectivity index (χ1v) is 28.9. The molecule has 1 heterocycles. The maximum atomic E-state index is 13.1. The zero-order valence-corrected chi connectivity index (χ0v) is 45.8. The van der Waals surface area contributed by atoms with E-state index in [4.69, 9.17) is 9.47 Å². The fourth-order valence-corrected chi connectivity index (χ4v) is 8.14. The van der Waals surface area contributed by atoms with Gasteiger partial charge in [-0.25, -0.2) is 0 Å². The van der Waals surface area contributed by atoms with Gasteiger partial charge in [0.15, 0.2) is 6.29 Å². The lowest BCUT2D eigenvalue weighted by atomic mass is 9.99. The van der Waals surface area contributed by atoms with Crippen LogP contribution in [0.2, 0.25) is 0 Å². The largest absolute Gasteiger partial charge is 0.394 e. The summed E-state index contributed by atoms with van der Waals surface area (Å²) in [5.41, 5.74) is 0. The van der Waals surface area contributed by atoms with Crippen LogP contribution in [0.25, 0.3) is 0 Å². The van der Waals surface area contributed by atoms with Crippen molar-refractivity contribution in [1.82, 2.24) is 5.32 Å². The van der Waals surface area contributed by atoms with E-state index in [-0.39, 0.29) is 12.5 Å². The third kappa shape index (κ3) is 41.3. The van der Waals surface area contributed by atoms with E-state index in [9.17, 15) is 30.3 Å². The van der Waals surface area contributed by atoms with E-state index in [1.54, 1.807) is 6.08 Å². The van der Waals surface area contributed by atoms with Crippen LogP contribution in [0.5, 0.6) is 0 Å². The number of allylic oxidation sites excluding steroid dienone is 21. The van der Waals surface area contributed by atoms with Crippen LogP contribution in [0.4, 0.5) is 0 Å². The highest BCUT2D eigenvalue weighted by molar-refractivity contribution is 5.76. The summed E-state index contributed by atoms with van der Waals surface area (Å²) < 4.78 is 11.2. The van der Waals surface area contributed by atoms with Gasteiger partial charge in [-0.05, 0) is 109 Å². The molecule has 7 unspecified atom stereocenters. The summed E-state index contributed by atoms with van der Waals surface area (Å²) >= 11 is 0. The Hall–Kier alpha value is -3.67. The minimum absolute atomic E-state index is 0.221. The molecule has 0 spiro atoms. The molecule has 0 aromatic rings. The molecule has 1 aliphatic heterocycles. The van der Waals surface area contributed by atoms with Crippen LogP contribution in [0, 0.1) is 0 Å². The minimum atomic E-state index is -1.59. The highest BCUT2D eigenvalue weighted by Gasteiger charge is 2.44. The molecule has 0 saturated carbocycles. The van der Waals surface area contributed by atoms with Crippen molar-refractivity contribution in [2.24, 2.45) is 0 Å². The summed E-state index contributed by atoms with van der Waals surface area (Å²) in [6, 6.07) is -0.853. The Labute approximate surface area is 445 Å². The van der Waals surface area contributed by atoms with E-state index in [0.29, 0.717) is 19.3 Å². The summed E-state index contributed by atoms with van der Waals surface area (Å²) in [7, 11) is 0. The lowest BCUT2D eigenvalue weighted by Gasteiger charge is -2.40. The second-order valence-electron chi connectivity index (χ2n) is 19.3. The van der Waals surface area contributed by atoms with Gasteiger partial charge in [-0.1, -0.05) is 225 Å². The quantitative estimate of drug-likeness (QED) is 0.0261. The van der Waals surface area contributed by atoms with Gasteiger partial charge in [-0.3, -0.25) is 4.79 Å². The average Bonchev–Trinajstić information content (AvgIpc) is 3.39. The number of ether oxygens (including phenoxy) is 2. The lowest BCUT2D eigenvalue weighted by Crippen LogP contribution is -2.60. The normalized spacial score (nSPS) is 20.1. The maximum Gasteiger partial charge on any atom is 0.220 e. The van der Waals surface area contributed by atoms with Crippen LogP contribution in [-0.4, -0.2) is 87.5 Å². The fraction of sp³-hybridized carbons (Fsp3) is 0.641. The van der Waals surface area contributed by atoms with Crippen LogP contribution >= 0.6 is 0 Å². The van der Waals surface area contributed by atoms with Crippen molar-refractivity contribution in [2.45, 2.75) is 249 Å². The smallest absolute Gasteiger partial charge is 0.220 e. The molecule has 0 aliphatic carbocycles. The van der Waals surface area contributed by atoms with Crippen molar-refractivity contribution in [3.8, 4) is 0 Å². The van der Waals surface area contributed by atoms with Gasteiger partial charge >= 0.3 is 0 Å². The molecule has 6 N–H and O–H groups in total. The molecule has 0 radical (unpaired) electrons. The second kappa shape index (κ2) is 51.8. The van der Waals surface area contributed by atoms with Gasteiger partial charge in [0.25, 0.3) is 0 Å². The van der Waals surface area contributed by atoms with Crippen LogP contribution in [0.1, 0.15) is 206 Å². The molecule has 9 heteroatoms. The van der Waals surface area contributed by atoms with E-state index < -0.39 is 49.5 Å². The van der Waals surface area contributed by atoms with Crippen molar-refractivity contribution in [2.75, 3.05) is 13.2 Å². The molecule has 414 valence electrons. The number of aliphatic hydroxyl groups excluding tert-OH is 5. The first-order valence-electron chi connectivity index (χ1n) is 28.9. The summed E-state index contributed by atoms with van der Waals surface area (Å²) in [5.74, 6) is -0.221. The van der Waals surface area contributed by atoms with Gasteiger partial charge < -0.3 is 40.3 Å². The summed E-state index contributed by atoms with van der Waals surface area (Å²) in [4.78, 5) is 13.1. The summed E-state index contributed by atoms with van der Waals surface area (Å²) in [6.07, 6.45) is 72.2. The van der Waals surface area contributed by atoms with Crippen LogP contribution in [0.3, 0.4) is 0 Å². The molecule has 0 bridgehead atoms. The number of amides is 1. The lowest BCUT2D eigenvalue weighted by molar-refractivity contribution is -0.302. The van der Waals surface area contributed by atoms with Gasteiger partial charge in [0.05, 0.1) is 25.4 Å². The summed E-state index contributed by atoms with van der Waals surface area (Å²) in [6.45, 7) is 3.62. The zero-order valence-electron chi connectivity index (χ0n) is 45.8. The van der Waals surface area contributed by atoms with Crippen molar-refractivity contribution in [3.63, 3.8) is 0 Å². The Morgan fingerprint density at radius 3 is 1.32 bits per heavy atom. The maximum absolute atomic E-state index is 13.1. The highest BCUT2D eigenvalue weighted by Crippen LogP contribution is 2.22. The fourth-order valence-electron chi connectivity index (χ4n) is 8.14. The third-order valence-corrected chi connectivity index (χ3v) is 12.7. The predicted molar refractivity (Wildman–Crippen MR) is 308 cm³/mol. The van der Waals surface area contributed by atoms with Crippen LogP contribution < -0.4 is 5.32 Å². The van der Waals surface area contributed by atoms with E-state index in [2.05, 4.69) is 141 Å². The SMILES string of the molecule is CC/C=C\C/C=C\C/C=C\C/C=C\C/C=C\C/C=C\C/C=C\C/C=C\CCCCCCC(=O)NC(COC1OC(CO)C(O)C(O)C1O)C(O)/C=C/CC/C=C/CC/C=C/CCCCCCCCCCCCC. The van der Waals surface area contributed by atoms with Crippen molar-refractivity contribution < 1.29 is 39.8 Å². The molecule has 7 atom stereocenters. The summed E-state index contributed by atoms with van der Waals surface area (Å²) in [5, 5.41) is 54.5. The molecule has 1 saturated heterocycles. The Kier molecular flexibility index (Phi) is 47.8. The Bertz CT molecular complexity index is 1600. The number of rotatable bonds is 47. The molecule has 9 nitrogen and oxygen atoms in total. The van der Waals surface area contributed by atoms with Gasteiger partial charge in [-0.15, -0.1) is 0 Å². The highest BCUT2D eigenvalue weighted by atomic mass is 16.7. The predicted octanol–water partition coefficient (Wildman–Crippen LogP) is 14.5. The van der Waals surface area contributed by atoms with E-state index in [1.807, 2.05) is 6.08 Å². The molecule has 1 amide bonds. The van der Waals surface area contributed by atoms with E-state index >= 15 is 0 Å². The third-order valence-electron chi connectivity index (χ3n) is 12.7. The van der Waals surface area contributed by atoms with Crippen molar-refractivity contribution in [1.29, 1.82) is 0 Å². The Balaban J connectivity index is 2.32. The van der Waals surface area contributed by atoms with Crippen molar-refractivity contribution >= 4 is 5.91 Å². The van der Waals surface area contributed by atoms with Crippen LogP contribution in [-0.2, 0) is 14.3 Å². The first-order chi connectivity index (χ1) is 35.8. The molecule has 1 aliphatic rings. The molecular weight excluding hydrogens is 911 g/mol. The Morgan fingerprint density at radius 2 is 0.863 bits per heavy atom. The molecule has 0 aromatic carbocycles. The van der Waals surface area contributed by atoms with Gasteiger partial charge in [0.2, 0.25) is 5.91 Å². The minimum Gasteiger partial charge on any atom is -0.394 e. The molecule has 1 rings (SSSR count). The van der Waals surface area contributed by atoms with E-state index in [0.717, 1.165) is 103 Å². The van der Waals surface area contributed by atoms with E-state index in [1.165, 1.54) is 70.6 Å². The second-order valence-corrected chi connectivity index (χ2v) is 19.3. The number of aliphatic hydroxyl groups is 5. The van der Waals surface area contributed by atoms with Crippen LogP contribution in [0.15, 0.2) is 134 Å². The number of hydrogen-bond donors (Lipinski definition) is 6. The topological polar surface area (TPSA) is 149 Å². The Morgan fingerprint density at radius 1 is 0.479 bits per heavy atom.